The van der Waals surface area contributed by atoms with Crippen molar-refractivity contribution in [3.05, 3.63) is 35.6 Å². The number of hydrogen-bond donors (Lipinski definition) is 3. The first kappa shape index (κ1) is 19.2. The molecule has 2 aromatic rings. The molecule has 25 heavy (non-hydrogen) atoms. The van der Waals surface area contributed by atoms with E-state index in [1.165, 1.54) is 0 Å². The van der Waals surface area contributed by atoms with E-state index in [0.29, 0.717) is 29.8 Å². The van der Waals surface area contributed by atoms with Crippen LogP contribution in [0.4, 0.5) is 0 Å². The van der Waals surface area contributed by atoms with Crippen LogP contribution in [0.25, 0.3) is 11.0 Å². The highest BCUT2D eigenvalue weighted by atomic mass is 32.1. The average molecular weight is 363 g/mol. The molecule has 1 heterocycles. The highest BCUT2D eigenvalue weighted by Crippen LogP contribution is 2.26. The normalized spacial score (nSPS) is 10.9. The molecule has 7 heteroatoms. The fraction of sp³-hybridized carbons (Fsp3) is 0.444. The van der Waals surface area contributed by atoms with E-state index in [9.17, 15) is 4.79 Å². The molecule has 0 aliphatic rings. The van der Waals surface area contributed by atoms with Crippen molar-refractivity contribution in [2.45, 2.75) is 33.8 Å². The molecule has 136 valence electrons. The van der Waals surface area contributed by atoms with E-state index in [-0.39, 0.29) is 11.7 Å². The van der Waals surface area contributed by atoms with Gasteiger partial charge in [0.1, 0.15) is 5.58 Å². The molecule has 0 spiro atoms. The first-order valence-electron chi connectivity index (χ1n) is 8.45. The third-order valence-electron chi connectivity index (χ3n) is 3.65. The Kier molecular flexibility index (Phi) is 7.21. The van der Waals surface area contributed by atoms with Gasteiger partial charge in [-0.1, -0.05) is 32.0 Å². The van der Waals surface area contributed by atoms with Crippen molar-refractivity contribution >= 4 is 34.2 Å². The number of nitrogens with one attached hydrogen (secondary N) is 3. The molecule has 0 radical (unpaired) electrons. The number of carbonyl (C=O) groups excluding carboxylic acids is 1. The predicted octanol–water partition coefficient (Wildman–Crippen LogP) is 3.12. The van der Waals surface area contributed by atoms with Crippen LogP contribution in [0.5, 0.6) is 0 Å². The second-order valence-corrected chi connectivity index (χ2v) is 6.47. The van der Waals surface area contributed by atoms with Crippen LogP contribution in [0, 0.1) is 5.92 Å². The van der Waals surface area contributed by atoms with Crippen LogP contribution in [-0.2, 0) is 11.3 Å². The number of ether oxygens (including phenoxy) is 1. The SMILES string of the molecule is CCOCc1c(C(=O)NNC(=S)NCCC(C)C)oc2ccccc12. The van der Waals surface area contributed by atoms with Crippen molar-refractivity contribution in [2.24, 2.45) is 5.92 Å². The van der Waals surface area contributed by atoms with E-state index in [0.717, 1.165) is 23.9 Å². The number of furan rings is 1. The van der Waals surface area contributed by atoms with Gasteiger partial charge in [-0.3, -0.25) is 15.6 Å². The monoisotopic (exact) mass is 363 g/mol. The third kappa shape index (κ3) is 5.44. The second kappa shape index (κ2) is 9.39. The largest absolute Gasteiger partial charge is 0.450 e. The molecule has 1 aromatic carbocycles. The quantitative estimate of drug-likeness (QED) is 0.518. The number of hydrogen-bond acceptors (Lipinski definition) is 4. The highest BCUT2D eigenvalue weighted by molar-refractivity contribution is 7.80. The maximum Gasteiger partial charge on any atom is 0.305 e. The summed E-state index contributed by atoms with van der Waals surface area (Å²) >= 11 is 5.15. The minimum atomic E-state index is -0.390. The Hall–Kier alpha value is -2.12. The Morgan fingerprint density at radius 1 is 1.28 bits per heavy atom. The van der Waals surface area contributed by atoms with Crippen molar-refractivity contribution in [3.8, 4) is 0 Å². The zero-order chi connectivity index (χ0) is 18.2. The summed E-state index contributed by atoms with van der Waals surface area (Å²) < 4.78 is 11.2. The molecule has 0 unspecified atom stereocenters. The summed E-state index contributed by atoms with van der Waals surface area (Å²) in [6.45, 7) is 7.81. The Balaban J connectivity index is 2.02. The minimum Gasteiger partial charge on any atom is -0.450 e. The molecule has 0 bridgehead atoms. The van der Waals surface area contributed by atoms with E-state index in [1.807, 2.05) is 31.2 Å². The molecule has 1 aromatic heterocycles. The number of fused-ring (bicyclic) bond motifs is 1. The number of amides is 1. The zero-order valence-electron chi connectivity index (χ0n) is 14.8. The molecule has 6 nitrogen and oxygen atoms in total. The topological polar surface area (TPSA) is 75.5 Å². The van der Waals surface area contributed by atoms with Crippen LogP contribution in [0.2, 0.25) is 0 Å². The van der Waals surface area contributed by atoms with Gasteiger partial charge in [-0.2, -0.15) is 0 Å². The lowest BCUT2D eigenvalue weighted by molar-refractivity contribution is 0.0905. The summed E-state index contributed by atoms with van der Waals surface area (Å²) in [5.74, 6) is 0.424. The van der Waals surface area contributed by atoms with Gasteiger partial charge in [0.15, 0.2) is 10.9 Å². The highest BCUT2D eigenvalue weighted by Gasteiger charge is 2.20. The lowest BCUT2D eigenvalue weighted by Crippen LogP contribution is -2.47. The summed E-state index contributed by atoms with van der Waals surface area (Å²) in [5.41, 5.74) is 6.66. The van der Waals surface area contributed by atoms with Gasteiger partial charge in [0.25, 0.3) is 0 Å². The van der Waals surface area contributed by atoms with Crippen molar-refractivity contribution < 1.29 is 13.9 Å². The molecular weight excluding hydrogens is 338 g/mol. The Labute approximate surface area is 153 Å². The van der Waals surface area contributed by atoms with Crippen LogP contribution in [0.3, 0.4) is 0 Å². The smallest absolute Gasteiger partial charge is 0.305 e. The van der Waals surface area contributed by atoms with Crippen LogP contribution in [-0.4, -0.2) is 24.2 Å². The Morgan fingerprint density at radius 3 is 2.76 bits per heavy atom. The number of carbonyl (C=O) groups is 1. The fourth-order valence-corrected chi connectivity index (χ4v) is 2.47. The number of benzene rings is 1. The first-order chi connectivity index (χ1) is 12.0. The average Bonchev–Trinajstić information content (AvgIpc) is 2.96. The molecular formula is C18H25N3O3S. The standard InChI is InChI=1S/C18H25N3O3S/c1-4-23-11-14-13-7-5-6-8-15(13)24-16(14)17(22)20-21-18(25)19-10-9-12(2)3/h5-8,12H,4,9-11H2,1-3H3,(H,20,22)(H2,19,21,25). The van der Waals surface area contributed by atoms with E-state index in [2.05, 4.69) is 30.0 Å². The molecule has 2 rings (SSSR count). The number of hydrazine groups is 1. The molecule has 0 atom stereocenters. The lowest BCUT2D eigenvalue weighted by atomic mass is 10.1. The van der Waals surface area contributed by atoms with Gasteiger partial charge >= 0.3 is 5.91 Å². The van der Waals surface area contributed by atoms with Gasteiger partial charge in [-0.05, 0) is 37.5 Å². The van der Waals surface area contributed by atoms with E-state index < -0.39 is 0 Å². The molecule has 0 aliphatic carbocycles. The summed E-state index contributed by atoms with van der Waals surface area (Å²) in [4.78, 5) is 12.5. The number of thiocarbonyl (C=S) groups is 1. The van der Waals surface area contributed by atoms with Crippen molar-refractivity contribution in [1.82, 2.24) is 16.2 Å². The third-order valence-corrected chi connectivity index (χ3v) is 3.90. The Bertz CT molecular complexity index is 727. The van der Waals surface area contributed by atoms with Crippen LogP contribution in [0.15, 0.2) is 28.7 Å². The van der Waals surface area contributed by atoms with Gasteiger partial charge in [-0.15, -0.1) is 0 Å². The van der Waals surface area contributed by atoms with Crippen LogP contribution < -0.4 is 16.2 Å². The molecule has 1 amide bonds. The predicted molar refractivity (Wildman–Crippen MR) is 102 cm³/mol. The van der Waals surface area contributed by atoms with E-state index in [4.69, 9.17) is 21.4 Å². The van der Waals surface area contributed by atoms with Gasteiger partial charge in [0.2, 0.25) is 0 Å². The van der Waals surface area contributed by atoms with Crippen molar-refractivity contribution in [2.75, 3.05) is 13.2 Å². The fourth-order valence-electron chi connectivity index (χ4n) is 2.32. The zero-order valence-corrected chi connectivity index (χ0v) is 15.7. The summed E-state index contributed by atoms with van der Waals surface area (Å²) in [7, 11) is 0. The lowest BCUT2D eigenvalue weighted by Gasteiger charge is -2.12. The van der Waals surface area contributed by atoms with Crippen LogP contribution >= 0.6 is 12.2 Å². The van der Waals surface area contributed by atoms with Crippen molar-refractivity contribution in [3.63, 3.8) is 0 Å². The van der Waals surface area contributed by atoms with E-state index >= 15 is 0 Å². The van der Waals surface area contributed by atoms with E-state index in [1.54, 1.807) is 0 Å². The van der Waals surface area contributed by atoms with Gasteiger partial charge < -0.3 is 14.5 Å². The number of para-hydroxylation sites is 1. The summed E-state index contributed by atoms with van der Waals surface area (Å²) in [6.07, 6.45) is 0.998. The second-order valence-electron chi connectivity index (χ2n) is 6.06. The maximum atomic E-state index is 12.5. The summed E-state index contributed by atoms with van der Waals surface area (Å²) in [6, 6.07) is 7.51. The van der Waals surface area contributed by atoms with Gasteiger partial charge in [0.05, 0.1) is 6.61 Å². The first-order valence-corrected chi connectivity index (χ1v) is 8.86. The maximum absolute atomic E-state index is 12.5. The van der Waals surface area contributed by atoms with Gasteiger partial charge in [0, 0.05) is 24.1 Å². The molecule has 0 aliphatic heterocycles. The Morgan fingerprint density at radius 2 is 2.04 bits per heavy atom. The minimum absolute atomic E-state index is 0.229. The molecule has 0 fully saturated rings. The molecule has 0 saturated carbocycles. The van der Waals surface area contributed by atoms with Crippen LogP contribution in [0.1, 0.15) is 43.3 Å². The molecule has 3 N–H and O–H groups in total. The molecule has 0 saturated heterocycles. The van der Waals surface area contributed by atoms with Gasteiger partial charge in [-0.25, -0.2) is 0 Å². The summed E-state index contributed by atoms with van der Waals surface area (Å²) in [5, 5.41) is 4.29. The van der Waals surface area contributed by atoms with Crippen molar-refractivity contribution in [1.29, 1.82) is 0 Å². The number of rotatable bonds is 7.